The summed E-state index contributed by atoms with van der Waals surface area (Å²) in [5.74, 6) is -0.136. The van der Waals surface area contributed by atoms with Gasteiger partial charge in [0.05, 0.1) is 25.0 Å². The largest absolute Gasteiger partial charge is 0.379 e. The summed E-state index contributed by atoms with van der Waals surface area (Å²) in [6.45, 7) is 10.4. The number of thiazole rings is 1. The second-order valence-corrected chi connectivity index (χ2v) is 9.97. The van der Waals surface area contributed by atoms with Crippen molar-refractivity contribution in [3.63, 3.8) is 0 Å². The van der Waals surface area contributed by atoms with Gasteiger partial charge in [0.2, 0.25) is 0 Å². The summed E-state index contributed by atoms with van der Waals surface area (Å²) in [5, 5.41) is 5.59. The highest BCUT2D eigenvalue weighted by Gasteiger charge is 2.20. The van der Waals surface area contributed by atoms with Crippen LogP contribution in [0.5, 0.6) is 0 Å². The third-order valence-electron chi connectivity index (χ3n) is 6.71. The number of carbonyl (C=O) groups excluding carboxylic acids is 1. The third kappa shape index (κ3) is 5.25. The third-order valence-corrected chi connectivity index (χ3v) is 7.47. The van der Waals surface area contributed by atoms with E-state index < -0.39 is 0 Å². The number of amides is 1. The maximum absolute atomic E-state index is 12.8. The number of nitrogens with zero attached hydrogens (tertiary/aromatic N) is 3. The fraction of sp³-hybridized carbons (Fsp3) is 0.462. The minimum atomic E-state index is -0.136. The lowest BCUT2D eigenvalue weighted by Gasteiger charge is -2.26. The van der Waals surface area contributed by atoms with Gasteiger partial charge in [-0.05, 0) is 50.5 Å². The van der Waals surface area contributed by atoms with Gasteiger partial charge in [0.25, 0.3) is 5.91 Å². The summed E-state index contributed by atoms with van der Waals surface area (Å²) in [7, 11) is 0. The molecule has 4 heterocycles. The number of hydrogen-bond donors (Lipinski definition) is 1. The van der Waals surface area contributed by atoms with E-state index in [0.717, 1.165) is 70.1 Å². The molecule has 5 rings (SSSR count). The van der Waals surface area contributed by atoms with E-state index >= 15 is 0 Å². The Morgan fingerprint density at radius 1 is 1.18 bits per heavy atom. The summed E-state index contributed by atoms with van der Waals surface area (Å²) in [4.78, 5) is 19.9. The fourth-order valence-corrected chi connectivity index (χ4v) is 5.44. The van der Waals surface area contributed by atoms with Gasteiger partial charge in [0.1, 0.15) is 0 Å². The zero-order chi connectivity index (χ0) is 23.5. The molecular formula is C26H32N4O3S. The molecule has 2 saturated heterocycles. The van der Waals surface area contributed by atoms with E-state index in [0.29, 0.717) is 16.8 Å². The van der Waals surface area contributed by atoms with Crippen LogP contribution >= 0.6 is 11.3 Å². The maximum Gasteiger partial charge on any atom is 0.257 e. The number of aryl methyl sites for hydroxylation is 1. The molecule has 180 valence electrons. The first-order valence-electron chi connectivity index (χ1n) is 12.0. The number of morpholine rings is 1. The first-order chi connectivity index (χ1) is 16.6. The topological polar surface area (TPSA) is 68.6 Å². The molecule has 2 aromatic heterocycles. The van der Waals surface area contributed by atoms with Crippen molar-refractivity contribution in [2.75, 3.05) is 38.2 Å². The lowest BCUT2D eigenvalue weighted by molar-refractivity contribution is 0.0342. The molecule has 7 nitrogen and oxygen atoms in total. The van der Waals surface area contributed by atoms with Crippen LogP contribution in [-0.2, 0) is 22.6 Å². The van der Waals surface area contributed by atoms with E-state index in [1.165, 1.54) is 28.3 Å². The molecule has 0 aliphatic carbocycles. The standard InChI is InChI=1S/C26H32N4O3S/c1-18-14-23(19(2)30(18)16-22-4-3-11-33-22)24-17-34-26(27-24)28-25(31)21-7-5-20(6-8-21)15-29-9-12-32-13-10-29/h5-8,14,17,22H,3-4,9-13,15-16H2,1-2H3,(H,27,28,31)/t22-/m0/s1. The van der Waals surface area contributed by atoms with Crippen molar-refractivity contribution >= 4 is 22.4 Å². The molecule has 0 radical (unpaired) electrons. The van der Waals surface area contributed by atoms with E-state index in [4.69, 9.17) is 14.5 Å². The van der Waals surface area contributed by atoms with Crippen molar-refractivity contribution in [2.24, 2.45) is 0 Å². The highest BCUT2D eigenvalue weighted by Crippen LogP contribution is 2.31. The van der Waals surface area contributed by atoms with Crippen LogP contribution in [0.15, 0.2) is 35.7 Å². The number of carbonyl (C=O) groups is 1. The molecule has 1 amide bonds. The molecule has 1 N–H and O–H groups in total. The first kappa shape index (κ1) is 23.2. The lowest BCUT2D eigenvalue weighted by atomic mass is 10.1. The summed E-state index contributed by atoms with van der Waals surface area (Å²) in [5.41, 5.74) is 6.24. The molecule has 2 aliphatic heterocycles. The van der Waals surface area contributed by atoms with Crippen molar-refractivity contribution in [3.8, 4) is 11.3 Å². The van der Waals surface area contributed by atoms with Crippen LogP contribution in [0.1, 0.15) is 40.2 Å². The maximum atomic E-state index is 12.8. The van der Waals surface area contributed by atoms with Crippen molar-refractivity contribution in [1.82, 2.24) is 14.5 Å². The number of anilines is 1. The number of rotatable bonds is 7. The summed E-state index contributed by atoms with van der Waals surface area (Å²) >= 11 is 1.46. The van der Waals surface area contributed by atoms with Crippen LogP contribution < -0.4 is 5.32 Å². The van der Waals surface area contributed by atoms with Crippen LogP contribution in [0.3, 0.4) is 0 Å². The van der Waals surface area contributed by atoms with Gasteiger partial charge in [-0.15, -0.1) is 11.3 Å². The van der Waals surface area contributed by atoms with E-state index in [9.17, 15) is 4.79 Å². The molecule has 0 unspecified atom stereocenters. The fourth-order valence-electron chi connectivity index (χ4n) is 4.74. The summed E-state index contributed by atoms with van der Waals surface area (Å²) < 4.78 is 13.6. The number of hydrogen-bond acceptors (Lipinski definition) is 6. The molecule has 2 aliphatic rings. The zero-order valence-electron chi connectivity index (χ0n) is 19.9. The molecule has 0 bridgehead atoms. The second kappa shape index (κ2) is 10.4. The Bertz CT molecular complexity index is 1130. The van der Waals surface area contributed by atoms with Crippen molar-refractivity contribution in [1.29, 1.82) is 0 Å². The Kier molecular flexibility index (Phi) is 7.10. The molecule has 8 heteroatoms. The Labute approximate surface area is 204 Å². The van der Waals surface area contributed by atoms with Gasteiger partial charge in [-0.2, -0.15) is 0 Å². The minimum absolute atomic E-state index is 0.136. The van der Waals surface area contributed by atoms with Gasteiger partial charge in [-0.3, -0.25) is 15.0 Å². The van der Waals surface area contributed by atoms with Crippen molar-refractivity contribution in [3.05, 3.63) is 58.2 Å². The normalized spacial score (nSPS) is 18.9. The highest BCUT2D eigenvalue weighted by molar-refractivity contribution is 7.14. The van der Waals surface area contributed by atoms with Crippen molar-refractivity contribution in [2.45, 2.75) is 45.9 Å². The Balaban J connectivity index is 1.22. The highest BCUT2D eigenvalue weighted by atomic mass is 32.1. The Morgan fingerprint density at radius 2 is 1.97 bits per heavy atom. The quantitative estimate of drug-likeness (QED) is 0.540. The summed E-state index contributed by atoms with van der Waals surface area (Å²) in [6, 6.07) is 10.0. The number of ether oxygens (including phenoxy) is 2. The van der Waals surface area contributed by atoms with Gasteiger partial charge >= 0.3 is 0 Å². The number of benzene rings is 1. The van der Waals surface area contributed by atoms with Crippen LogP contribution in [0.2, 0.25) is 0 Å². The minimum Gasteiger partial charge on any atom is -0.379 e. The smallest absolute Gasteiger partial charge is 0.257 e. The van der Waals surface area contributed by atoms with E-state index in [1.807, 2.05) is 29.6 Å². The van der Waals surface area contributed by atoms with E-state index in [-0.39, 0.29) is 5.91 Å². The Morgan fingerprint density at radius 3 is 2.71 bits per heavy atom. The van der Waals surface area contributed by atoms with Crippen LogP contribution in [0, 0.1) is 13.8 Å². The lowest BCUT2D eigenvalue weighted by Crippen LogP contribution is -2.35. The van der Waals surface area contributed by atoms with Crippen LogP contribution in [0.25, 0.3) is 11.3 Å². The Hall–Kier alpha value is -2.52. The molecule has 0 saturated carbocycles. The van der Waals surface area contributed by atoms with Crippen molar-refractivity contribution < 1.29 is 14.3 Å². The van der Waals surface area contributed by atoms with E-state index in [2.05, 4.69) is 34.7 Å². The second-order valence-electron chi connectivity index (χ2n) is 9.11. The molecule has 1 aromatic carbocycles. The number of nitrogens with one attached hydrogen (secondary N) is 1. The van der Waals surface area contributed by atoms with Gasteiger partial charge in [0.15, 0.2) is 5.13 Å². The van der Waals surface area contributed by atoms with Crippen LogP contribution in [0.4, 0.5) is 5.13 Å². The predicted molar refractivity (Wildman–Crippen MR) is 134 cm³/mol. The summed E-state index contributed by atoms with van der Waals surface area (Å²) in [6.07, 6.45) is 2.55. The average Bonchev–Trinajstić information content (AvgIpc) is 3.59. The molecule has 2 fully saturated rings. The van der Waals surface area contributed by atoms with E-state index in [1.54, 1.807) is 0 Å². The van der Waals surface area contributed by atoms with Gasteiger partial charge in [-0.25, -0.2) is 4.98 Å². The monoisotopic (exact) mass is 480 g/mol. The number of aromatic nitrogens is 2. The van der Waals surface area contributed by atoms with Gasteiger partial charge in [-0.1, -0.05) is 12.1 Å². The molecule has 0 spiro atoms. The average molecular weight is 481 g/mol. The van der Waals surface area contributed by atoms with Crippen LogP contribution in [-0.4, -0.2) is 59.4 Å². The zero-order valence-corrected chi connectivity index (χ0v) is 20.7. The van der Waals surface area contributed by atoms with Gasteiger partial charge < -0.3 is 14.0 Å². The molecular weight excluding hydrogens is 448 g/mol. The van der Waals surface area contributed by atoms with Gasteiger partial charge in [0, 0.05) is 60.7 Å². The SMILES string of the molecule is Cc1cc(-c2csc(NC(=O)c3ccc(CN4CCOCC4)cc3)n2)c(C)n1C[C@@H]1CCCO1. The molecule has 3 aromatic rings. The predicted octanol–water partition coefficient (Wildman–Crippen LogP) is 4.49. The first-order valence-corrected chi connectivity index (χ1v) is 12.9. The molecule has 1 atom stereocenters. The molecule has 34 heavy (non-hydrogen) atoms.